The maximum atomic E-state index is 13.0. The van der Waals surface area contributed by atoms with Crippen LogP contribution in [0.25, 0.3) is 11.1 Å². The van der Waals surface area contributed by atoms with E-state index in [0.717, 1.165) is 5.56 Å². The molecule has 3 rings (SSSR count). The van der Waals surface area contributed by atoms with Gasteiger partial charge in [-0.05, 0) is 43.7 Å². The number of halogens is 1. The van der Waals surface area contributed by atoms with Crippen LogP contribution in [-0.2, 0) is 20.9 Å². The molecule has 8 heteroatoms. The van der Waals surface area contributed by atoms with Crippen LogP contribution >= 0.6 is 0 Å². The van der Waals surface area contributed by atoms with Gasteiger partial charge in [-0.1, -0.05) is 24.3 Å². The molecule has 0 bridgehead atoms. The summed E-state index contributed by atoms with van der Waals surface area (Å²) >= 11 is 0. The number of carbonyl (C=O) groups is 2. The highest BCUT2D eigenvalue weighted by Gasteiger charge is 2.20. The standard InChI is InChI=1S/C21H21FN2O5/c1-13(15-7-9-16(22)10-8-15)23-20(26)14(2)28-19(25)11-12-24-17-5-3-4-6-18(17)29-21(24)27/h3-10,13-14H,11-12H2,1-2H3,(H,23,26). The molecule has 1 N–H and O–H groups in total. The van der Waals surface area contributed by atoms with Crippen LogP contribution in [0.2, 0.25) is 0 Å². The van der Waals surface area contributed by atoms with Gasteiger partial charge in [0.25, 0.3) is 5.91 Å². The summed E-state index contributed by atoms with van der Waals surface area (Å²) in [6.07, 6.45) is -1.10. The van der Waals surface area contributed by atoms with Crippen LogP contribution in [0.5, 0.6) is 0 Å². The molecule has 29 heavy (non-hydrogen) atoms. The fourth-order valence-electron chi connectivity index (χ4n) is 2.90. The summed E-state index contributed by atoms with van der Waals surface area (Å²) in [5.74, 6) is -2.00. The number of aryl methyl sites for hydroxylation is 1. The highest BCUT2D eigenvalue weighted by atomic mass is 19.1. The molecule has 0 saturated heterocycles. The Kier molecular flexibility index (Phi) is 6.11. The molecular weight excluding hydrogens is 379 g/mol. The monoisotopic (exact) mass is 400 g/mol. The lowest BCUT2D eigenvalue weighted by Crippen LogP contribution is -2.37. The van der Waals surface area contributed by atoms with Crippen LogP contribution in [0, 0.1) is 5.82 Å². The minimum atomic E-state index is -1.01. The number of oxazole rings is 1. The van der Waals surface area contributed by atoms with Crippen molar-refractivity contribution in [2.75, 3.05) is 0 Å². The number of amides is 1. The quantitative estimate of drug-likeness (QED) is 0.616. The number of carbonyl (C=O) groups excluding carboxylic acids is 2. The molecule has 0 radical (unpaired) electrons. The summed E-state index contributed by atoms with van der Waals surface area (Å²) in [6.45, 7) is 3.29. The second kappa shape index (κ2) is 8.72. The van der Waals surface area contributed by atoms with E-state index in [-0.39, 0.29) is 24.8 Å². The van der Waals surface area contributed by atoms with Crippen LogP contribution in [0.1, 0.15) is 31.9 Å². The molecular formula is C21H21FN2O5. The predicted octanol–water partition coefficient (Wildman–Crippen LogP) is 2.93. The fourth-order valence-corrected chi connectivity index (χ4v) is 2.90. The number of aromatic nitrogens is 1. The van der Waals surface area contributed by atoms with Crippen molar-refractivity contribution in [1.29, 1.82) is 0 Å². The van der Waals surface area contributed by atoms with Crippen LogP contribution in [0.4, 0.5) is 4.39 Å². The topological polar surface area (TPSA) is 90.5 Å². The Balaban J connectivity index is 1.53. The first-order valence-corrected chi connectivity index (χ1v) is 9.19. The molecule has 2 atom stereocenters. The van der Waals surface area contributed by atoms with Gasteiger partial charge in [0.1, 0.15) is 5.82 Å². The van der Waals surface area contributed by atoms with Crippen LogP contribution in [0.3, 0.4) is 0 Å². The van der Waals surface area contributed by atoms with Crippen molar-refractivity contribution in [2.24, 2.45) is 0 Å². The Morgan fingerprint density at radius 2 is 1.83 bits per heavy atom. The van der Waals surface area contributed by atoms with Crippen molar-refractivity contribution >= 4 is 23.0 Å². The van der Waals surface area contributed by atoms with E-state index in [1.54, 1.807) is 43.3 Å². The molecule has 0 aliphatic carbocycles. The van der Waals surface area contributed by atoms with Gasteiger partial charge in [0, 0.05) is 6.54 Å². The molecule has 2 unspecified atom stereocenters. The zero-order valence-corrected chi connectivity index (χ0v) is 16.1. The highest BCUT2D eigenvalue weighted by molar-refractivity contribution is 5.83. The normalized spacial score (nSPS) is 13.1. The van der Waals surface area contributed by atoms with E-state index in [1.165, 1.54) is 23.6 Å². The summed E-state index contributed by atoms with van der Waals surface area (Å²) in [7, 11) is 0. The first-order chi connectivity index (χ1) is 13.8. The van der Waals surface area contributed by atoms with Crippen molar-refractivity contribution < 1.29 is 23.1 Å². The fraction of sp³-hybridized carbons (Fsp3) is 0.286. The van der Waals surface area contributed by atoms with Crippen molar-refractivity contribution in [3.8, 4) is 0 Å². The summed E-state index contributed by atoms with van der Waals surface area (Å²) < 4.78 is 24.6. The number of nitrogens with zero attached hydrogens (tertiary/aromatic N) is 1. The molecule has 152 valence electrons. The number of ether oxygens (including phenoxy) is 1. The zero-order valence-electron chi connectivity index (χ0n) is 16.1. The van der Waals surface area contributed by atoms with Gasteiger partial charge < -0.3 is 14.5 Å². The Hall–Kier alpha value is -3.42. The lowest BCUT2D eigenvalue weighted by atomic mass is 10.1. The number of benzene rings is 2. The molecule has 3 aromatic rings. The Morgan fingerprint density at radius 3 is 2.55 bits per heavy atom. The number of esters is 1. The van der Waals surface area contributed by atoms with Crippen molar-refractivity contribution in [2.45, 2.75) is 39.0 Å². The first kappa shape index (κ1) is 20.3. The third kappa shape index (κ3) is 4.90. The lowest BCUT2D eigenvalue weighted by Gasteiger charge is -2.18. The molecule has 0 fully saturated rings. The average Bonchev–Trinajstić information content (AvgIpc) is 3.01. The minimum Gasteiger partial charge on any atom is -0.452 e. The van der Waals surface area contributed by atoms with Crippen molar-refractivity contribution in [1.82, 2.24) is 9.88 Å². The zero-order chi connectivity index (χ0) is 21.0. The summed E-state index contributed by atoms with van der Waals surface area (Å²) in [6, 6.07) is 12.3. The van der Waals surface area contributed by atoms with Gasteiger partial charge in [-0.25, -0.2) is 9.18 Å². The SMILES string of the molecule is CC(OC(=O)CCn1c(=O)oc2ccccc21)C(=O)NC(C)c1ccc(F)cc1. The number of fused-ring (bicyclic) bond motifs is 1. The first-order valence-electron chi connectivity index (χ1n) is 9.19. The van der Waals surface area contributed by atoms with Crippen LogP contribution in [-0.4, -0.2) is 22.5 Å². The number of rotatable bonds is 7. The van der Waals surface area contributed by atoms with E-state index in [9.17, 15) is 18.8 Å². The van der Waals surface area contributed by atoms with Gasteiger partial charge in [-0.2, -0.15) is 0 Å². The second-order valence-electron chi connectivity index (χ2n) is 6.65. The molecule has 0 aliphatic heterocycles. The minimum absolute atomic E-state index is 0.0784. The molecule has 0 spiro atoms. The molecule has 0 saturated carbocycles. The highest BCUT2D eigenvalue weighted by Crippen LogP contribution is 2.14. The van der Waals surface area contributed by atoms with Gasteiger partial charge in [0.15, 0.2) is 11.7 Å². The maximum Gasteiger partial charge on any atom is 0.419 e. The summed E-state index contributed by atoms with van der Waals surface area (Å²) in [5.41, 5.74) is 1.75. The van der Waals surface area contributed by atoms with E-state index < -0.39 is 23.7 Å². The van der Waals surface area contributed by atoms with Gasteiger partial charge in [0.2, 0.25) is 0 Å². The third-order valence-electron chi connectivity index (χ3n) is 4.52. The number of nitrogens with one attached hydrogen (secondary N) is 1. The molecule has 1 heterocycles. The van der Waals surface area contributed by atoms with Gasteiger partial charge >= 0.3 is 11.7 Å². The van der Waals surface area contributed by atoms with Gasteiger partial charge in [0.05, 0.1) is 18.0 Å². The molecule has 7 nitrogen and oxygen atoms in total. The number of hydrogen-bond donors (Lipinski definition) is 1. The Labute approximate surface area is 166 Å². The molecule has 0 aliphatic rings. The predicted molar refractivity (Wildman–Crippen MR) is 104 cm³/mol. The van der Waals surface area contributed by atoms with Crippen molar-refractivity contribution in [3.05, 3.63) is 70.5 Å². The van der Waals surface area contributed by atoms with E-state index >= 15 is 0 Å². The summed E-state index contributed by atoms with van der Waals surface area (Å²) in [4.78, 5) is 36.3. The van der Waals surface area contributed by atoms with Gasteiger partial charge in [-0.3, -0.25) is 14.2 Å². The summed E-state index contributed by atoms with van der Waals surface area (Å²) in [5, 5.41) is 2.71. The van der Waals surface area contributed by atoms with Crippen LogP contribution < -0.4 is 11.1 Å². The van der Waals surface area contributed by atoms with E-state index in [4.69, 9.17) is 9.15 Å². The van der Waals surface area contributed by atoms with E-state index in [0.29, 0.717) is 11.1 Å². The Morgan fingerprint density at radius 1 is 1.14 bits per heavy atom. The lowest BCUT2D eigenvalue weighted by molar-refractivity contribution is -0.155. The van der Waals surface area contributed by atoms with Crippen LogP contribution in [0.15, 0.2) is 57.7 Å². The second-order valence-corrected chi connectivity index (χ2v) is 6.65. The molecule has 1 amide bonds. The van der Waals surface area contributed by atoms with E-state index in [1.807, 2.05) is 0 Å². The van der Waals surface area contributed by atoms with E-state index in [2.05, 4.69) is 5.32 Å². The average molecular weight is 400 g/mol. The molecule has 1 aromatic heterocycles. The van der Waals surface area contributed by atoms with Gasteiger partial charge in [-0.15, -0.1) is 0 Å². The van der Waals surface area contributed by atoms with Crippen molar-refractivity contribution in [3.63, 3.8) is 0 Å². The molecule has 2 aromatic carbocycles. The number of hydrogen-bond acceptors (Lipinski definition) is 5. The third-order valence-corrected chi connectivity index (χ3v) is 4.52. The number of para-hydroxylation sites is 2. The maximum absolute atomic E-state index is 13.0. The Bertz CT molecular complexity index is 1070. The largest absolute Gasteiger partial charge is 0.452 e. The smallest absolute Gasteiger partial charge is 0.419 e.